The minimum absolute atomic E-state index is 0.0481. The minimum atomic E-state index is -1.71. The molecule has 2 atom stereocenters. The smallest absolute Gasteiger partial charge is 0.249 e. The van der Waals surface area contributed by atoms with Gasteiger partial charge < -0.3 is 21.7 Å². The van der Waals surface area contributed by atoms with Crippen LogP contribution in [0.1, 0.15) is 17.4 Å². The van der Waals surface area contributed by atoms with Gasteiger partial charge in [0.05, 0.1) is 11.4 Å². The third-order valence-electron chi connectivity index (χ3n) is 1.96. The number of aliphatic hydroxyl groups is 2. The summed E-state index contributed by atoms with van der Waals surface area (Å²) in [5.74, 6) is -1.02. The molecule has 82 valence electrons. The average Bonchev–Trinajstić information content (AvgIpc) is 2.15. The van der Waals surface area contributed by atoms with Gasteiger partial charge in [-0.2, -0.15) is 0 Å². The number of carbonyl (C=O) groups is 1. The average molecular weight is 211 g/mol. The van der Waals surface area contributed by atoms with Crippen LogP contribution in [0.4, 0.5) is 5.69 Å². The van der Waals surface area contributed by atoms with Gasteiger partial charge in [-0.15, -0.1) is 0 Å². The van der Waals surface area contributed by atoms with Crippen LogP contribution in [0, 0.1) is 6.92 Å². The van der Waals surface area contributed by atoms with Crippen molar-refractivity contribution in [1.82, 2.24) is 4.98 Å². The van der Waals surface area contributed by atoms with Crippen LogP contribution in [-0.4, -0.2) is 27.2 Å². The molecular formula is C9H13N3O3. The molecular weight excluding hydrogens is 198 g/mol. The zero-order valence-electron chi connectivity index (χ0n) is 8.21. The SMILES string of the molecule is Cc1cnc(C(O)C(O)C(N)=O)c(N)c1. The van der Waals surface area contributed by atoms with E-state index in [0.717, 1.165) is 5.56 Å². The molecule has 0 aliphatic rings. The van der Waals surface area contributed by atoms with Gasteiger partial charge in [-0.1, -0.05) is 0 Å². The fraction of sp³-hybridized carbons (Fsp3) is 0.333. The Morgan fingerprint density at radius 3 is 2.60 bits per heavy atom. The van der Waals surface area contributed by atoms with Crippen LogP contribution in [0.3, 0.4) is 0 Å². The van der Waals surface area contributed by atoms with Gasteiger partial charge in [0.15, 0.2) is 6.10 Å². The van der Waals surface area contributed by atoms with Crippen molar-refractivity contribution in [3.05, 3.63) is 23.5 Å². The fourth-order valence-electron chi connectivity index (χ4n) is 1.15. The summed E-state index contributed by atoms with van der Waals surface area (Å²) >= 11 is 0. The third kappa shape index (κ3) is 2.42. The van der Waals surface area contributed by atoms with Crippen LogP contribution in [0.15, 0.2) is 12.3 Å². The zero-order chi connectivity index (χ0) is 11.6. The summed E-state index contributed by atoms with van der Waals surface area (Å²) < 4.78 is 0. The van der Waals surface area contributed by atoms with Crippen molar-refractivity contribution >= 4 is 11.6 Å². The Morgan fingerprint density at radius 2 is 2.13 bits per heavy atom. The maximum Gasteiger partial charge on any atom is 0.249 e. The largest absolute Gasteiger partial charge is 0.397 e. The van der Waals surface area contributed by atoms with Gasteiger partial charge >= 0.3 is 0 Å². The van der Waals surface area contributed by atoms with Crippen LogP contribution in [0.5, 0.6) is 0 Å². The molecule has 1 heterocycles. The highest BCUT2D eigenvalue weighted by atomic mass is 16.3. The number of aliphatic hydroxyl groups excluding tert-OH is 2. The first-order valence-electron chi connectivity index (χ1n) is 4.31. The predicted octanol–water partition coefficient (Wildman–Crippen LogP) is -1.15. The molecule has 6 nitrogen and oxygen atoms in total. The number of nitrogen functional groups attached to an aromatic ring is 1. The monoisotopic (exact) mass is 211 g/mol. The molecule has 0 radical (unpaired) electrons. The Labute approximate surface area is 86.5 Å². The van der Waals surface area contributed by atoms with Crippen LogP contribution in [-0.2, 0) is 4.79 Å². The molecule has 0 saturated heterocycles. The second-order valence-electron chi connectivity index (χ2n) is 3.28. The number of nitrogens with zero attached hydrogens (tertiary/aromatic N) is 1. The van der Waals surface area contributed by atoms with E-state index >= 15 is 0 Å². The number of amides is 1. The molecule has 0 aliphatic carbocycles. The van der Waals surface area contributed by atoms with Crippen molar-refractivity contribution in [2.45, 2.75) is 19.1 Å². The molecule has 0 spiro atoms. The Balaban J connectivity index is 3.01. The Hall–Kier alpha value is -1.66. The van der Waals surface area contributed by atoms with E-state index in [2.05, 4.69) is 4.98 Å². The van der Waals surface area contributed by atoms with Crippen molar-refractivity contribution in [1.29, 1.82) is 0 Å². The lowest BCUT2D eigenvalue weighted by molar-refractivity contribution is -0.132. The Kier molecular flexibility index (Phi) is 3.23. The number of aryl methyl sites for hydroxylation is 1. The number of nitrogens with two attached hydrogens (primary N) is 2. The van der Waals surface area contributed by atoms with Gasteiger partial charge in [-0.3, -0.25) is 9.78 Å². The predicted molar refractivity (Wildman–Crippen MR) is 53.5 cm³/mol. The van der Waals surface area contributed by atoms with E-state index in [1.807, 2.05) is 0 Å². The highest BCUT2D eigenvalue weighted by Crippen LogP contribution is 2.21. The summed E-state index contributed by atoms with van der Waals surface area (Å²) in [6.07, 6.45) is -1.73. The standard InChI is InChI=1S/C9H13N3O3/c1-4-2-5(10)6(12-3-4)7(13)8(14)9(11)15/h2-3,7-8,13-14H,10H2,1H3,(H2,11,15). The normalized spacial score (nSPS) is 14.6. The first-order chi connectivity index (χ1) is 6.93. The maximum atomic E-state index is 10.6. The van der Waals surface area contributed by atoms with Crippen molar-refractivity contribution in [3.63, 3.8) is 0 Å². The Morgan fingerprint density at radius 1 is 1.53 bits per heavy atom. The molecule has 0 aliphatic heterocycles. The van der Waals surface area contributed by atoms with E-state index < -0.39 is 18.1 Å². The first-order valence-corrected chi connectivity index (χ1v) is 4.31. The first kappa shape index (κ1) is 11.4. The van der Waals surface area contributed by atoms with Gasteiger partial charge in [0.25, 0.3) is 0 Å². The molecule has 1 rings (SSSR count). The van der Waals surface area contributed by atoms with Gasteiger partial charge in [0.2, 0.25) is 5.91 Å². The number of hydrogen-bond donors (Lipinski definition) is 4. The molecule has 6 heteroatoms. The van der Waals surface area contributed by atoms with Crippen molar-refractivity contribution < 1.29 is 15.0 Å². The summed E-state index contributed by atoms with van der Waals surface area (Å²) in [5, 5.41) is 18.8. The van der Waals surface area contributed by atoms with E-state index in [9.17, 15) is 15.0 Å². The molecule has 1 aromatic rings. The summed E-state index contributed by atoms with van der Waals surface area (Å²) in [6.45, 7) is 1.78. The second kappa shape index (κ2) is 4.24. The quantitative estimate of drug-likeness (QED) is 0.503. The van der Waals surface area contributed by atoms with Crippen LogP contribution in [0.25, 0.3) is 0 Å². The van der Waals surface area contributed by atoms with Gasteiger partial charge in [0.1, 0.15) is 6.10 Å². The molecule has 15 heavy (non-hydrogen) atoms. The van der Waals surface area contributed by atoms with E-state index in [0.29, 0.717) is 0 Å². The molecule has 1 aromatic heterocycles. The number of carbonyl (C=O) groups excluding carboxylic acids is 1. The number of primary amides is 1. The third-order valence-corrected chi connectivity index (χ3v) is 1.96. The van der Waals surface area contributed by atoms with Gasteiger partial charge in [-0.05, 0) is 18.6 Å². The molecule has 2 unspecified atom stereocenters. The van der Waals surface area contributed by atoms with E-state index in [1.165, 1.54) is 6.20 Å². The molecule has 6 N–H and O–H groups in total. The number of aromatic nitrogens is 1. The topological polar surface area (TPSA) is 122 Å². The summed E-state index contributed by atoms with van der Waals surface area (Å²) in [5.41, 5.74) is 11.5. The summed E-state index contributed by atoms with van der Waals surface area (Å²) in [7, 11) is 0. The molecule has 0 aromatic carbocycles. The molecule has 1 amide bonds. The molecule has 0 bridgehead atoms. The van der Waals surface area contributed by atoms with Crippen molar-refractivity contribution in [3.8, 4) is 0 Å². The van der Waals surface area contributed by atoms with Crippen LogP contribution in [0.2, 0.25) is 0 Å². The van der Waals surface area contributed by atoms with Crippen molar-refractivity contribution in [2.75, 3.05) is 5.73 Å². The lowest BCUT2D eigenvalue weighted by Crippen LogP contribution is -2.34. The lowest BCUT2D eigenvalue weighted by atomic mass is 10.1. The lowest BCUT2D eigenvalue weighted by Gasteiger charge is -2.15. The molecule has 0 saturated carbocycles. The van der Waals surface area contributed by atoms with E-state index in [1.54, 1.807) is 13.0 Å². The number of rotatable bonds is 3. The molecule has 0 fully saturated rings. The minimum Gasteiger partial charge on any atom is -0.397 e. The van der Waals surface area contributed by atoms with Crippen molar-refractivity contribution in [2.24, 2.45) is 5.73 Å². The number of hydrogen-bond acceptors (Lipinski definition) is 5. The maximum absolute atomic E-state index is 10.6. The second-order valence-corrected chi connectivity index (χ2v) is 3.28. The number of anilines is 1. The Bertz CT molecular complexity index is 381. The summed E-state index contributed by atoms with van der Waals surface area (Å²) in [6, 6.07) is 1.58. The highest BCUT2D eigenvalue weighted by Gasteiger charge is 2.26. The van der Waals surface area contributed by atoms with Crippen LogP contribution < -0.4 is 11.5 Å². The fourth-order valence-corrected chi connectivity index (χ4v) is 1.15. The van der Waals surface area contributed by atoms with Gasteiger partial charge in [0, 0.05) is 6.20 Å². The summed E-state index contributed by atoms with van der Waals surface area (Å²) in [4.78, 5) is 14.5. The number of pyridine rings is 1. The van der Waals surface area contributed by atoms with E-state index in [-0.39, 0.29) is 11.4 Å². The van der Waals surface area contributed by atoms with E-state index in [4.69, 9.17) is 11.5 Å². The van der Waals surface area contributed by atoms with Crippen LogP contribution >= 0.6 is 0 Å². The highest BCUT2D eigenvalue weighted by molar-refractivity contribution is 5.79. The van der Waals surface area contributed by atoms with Gasteiger partial charge in [-0.25, -0.2) is 0 Å². The zero-order valence-corrected chi connectivity index (χ0v) is 8.21.